The third kappa shape index (κ3) is 6.06. The van der Waals surface area contributed by atoms with Crippen LogP contribution in [0.5, 0.6) is 5.88 Å². The SMILES string of the molecule is Nc1nc(O[C@H](c2ccc(-c3ccc(Cl)c(Cl)c3)cc2)C(F)(F)F)cc(N2CCC3(CC2)CN[C@H](C(=O)O)C3)n1. The van der Waals surface area contributed by atoms with Crippen LogP contribution in [0.15, 0.2) is 48.5 Å². The van der Waals surface area contributed by atoms with Gasteiger partial charge >= 0.3 is 12.1 Å². The number of carboxylic acid groups (broad SMARTS) is 1. The Labute approximate surface area is 238 Å². The van der Waals surface area contributed by atoms with Crippen LogP contribution in [0.3, 0.4) is 0 Å². The molecular formula is C27H26Cl2F3N5O3. The van der Waals surface area contributed by atoms with Gasteiger partial charge in [0, 0.05) is 31.3 Å². The number of anilines is 2. The number of rotatable bonds is 6. The number of ether oxygens (including phenoxy) is 1. The van der Waals surface area contributed by atoms with Crippen molar-refractivity contribution in [1.82, 2.24) is 15.3 Å². The van der Waals surface area contributed by atoms with Gasteiger partial charge in [0.25, 0.3) is 0 Å². The summed E-state index contributed by atoms with van der Waals surface area (Å²) in [6.07, 6.45) is -5.08. The smallest absolute Gasteiger partial charge is 0.429 e. The minimum Gasteiger partial charge on any atom is -0.480 e. The van der Waals surface area contributed by atoms with E-state index in [2.05, 4.69) is 15.3 Å². The van der Waals surface area contributed by atoms with Crippen LogP contribution in [-0.4, -0.2) is 52.9 Å². The Morgan fingerprint density at radius 1 is 1.07 bits per heavy atom. The number of benzene rings is 2. The molecule has 4 N–H and O–H groups in total. The highest BCUT2D eigenvalue weighted by atomic mass is 35.5. The fourth-order valence-corrected chi connectivity index (χ4v) is 5.60. The van der Waals surface area contributed by atoms with Gasteiger partial charge in [-0.15, -0.1) is 0 Å². The number of piperidine rings is 1. The molecule has 0 saturated carbocycles. The first-order valence-electron chi connectivity index (χ1n) is 12.6. The van der Waals surface area contributed by atoms with Crippen molar-refractivity contribution in [3.8, 4) is 17.0 Å². The van der Waals surface area contributed by atoms with Crippen LogP contribution in [0.25, 0.3) is 11.1 Å². The number of nitrogens with two attached hydrogens (primary N) is 1. The highest BCUT2D eigenvalue weighted by molar-refractivity contribution is 6.42. The minimum absolute atomic E-state index is 0.114. The van der Waals surface area contributed by atoms with Crippen LogP contribution in [0.1, 0.15) is 30.9 Å². The second-order valence-corrected chi connectivity index (χ2v) is 11.0. The van der Waals surface area contributed by atoms with Crippen molar-refractivity contribution in [1.29, 1.82) is 0 Å². The van der Waals surface area contributed by atoms with Crippen LogP contribution in [0.4, 0.5) is 24.9 Å². The Morgan fingerprint density at radius 2 is 1.75 bits per heavy atom. The maximum absolute atomic E-state index is 14.1. The summed E-state index contributed by atoms with van der Waals surface area (Å²) in [6.45, 7) is 1.70. The lowest BCUT2D eigenvalue weighted by atomic mass is 9.76. The number of carbonyl (C=O) groups is 1. The van der Waals surface area contributed by atoms with Gasteiger partial charge in [-0.2, -0.15) is 23.1 Å². The fraction of sp³-hybridized carbons (Fsp3) is 0.370. The van der Waals surface area contributed by atoms with Gasteiger partial charge in [-0.25, -0.2) is 0 Å². The molecule has 3 heterocycles. The van der Waals surface area contributed by atoms with Crippen molar-refractivity contribution < 1.29 is 27.8 Å². The van der Waals surface area contributed by atoms with Gasteiger partial charge in [-0.05, 0) is 47.9 Å². The van der Waals surface area contributed by atoms with Crippen molar-refractivity contribution in [2.75, 3.05) is 30.3 Å². The molecule has 40 heavy (non-hydrogen) atoms. The van der Waals surface area contributed by atoms with E-state index in [9.17, 15) is 23.1 Å². The monoisotopic (exact) mass is 595 g/mol. The van der Waals surface area contributed by atoms with E-state index in [1.807, 2.05) is 4.90 Å². The summed E-state index contributed by atoms with van der Waals surface area (Å²) in [5.41, 5.74) is 6.97. The lowest BCUT2D eigenvalue weighted by molar-refractivity contribution is -0.198. The van der Waals surface area contributed by atoms with Crippen molar-refractivity contribution in [3.05, 3.63) is 64.1 Å². The number of nitrogens with one attached hydrogen (secondary N) is 1. The molecule has 1 spiro atoms. The summed E-state index contributed by atoms with van der Waals surface area (Å²) in [5.74, 6) is -1.02. The van der Waals surface area contributed by atoms with E-state index in [0.717, 1.165) is 0 Å². The van der Waals surface area contributed by atoms with E-state index >= 15 is 0 Å². The van der Waals surface area contributed by atoms with Gasteiger partial charge in [0.2, 0.25) is 17.9 Å². The summed E-state index contributed by atoms with van der Waals surface area (Å²) < 4.78 is 47.8. The molecule has 8 nitrogen and oxygen atoms in total. The summed E-state index contributed by atoms with van der Waals surface area (Å²) in [4.78, 5) is 21.4. The molecule has 0 unspecified atom stereocenters. The molecule has 212 valence electrons. The van der Waals surface area contributed by atoms with Crippen molar-refractivity contribution in [3.63, 3.8) is 0 Å². The number of nitrogen functional groups attached to an aromatic ring is 1. The number of nitrogens with zero attached hydrogens (tertiary/aromatic N) is 3. The average molecular weight is 596 g/mol. The second kappa shape index (κ2) is 10.9. The molecule has 2 aliphatic heterocycles. The standard InChI is InChI=1S/C27H26Cl2F3N5O3/c28-18-6-5-17(11-19(18)29)15-1-3-16(4-2-15)23(27(30,31)32)40-22-12-21(35-25(33)36-22)37-9-7-26(8-10-37)13-20(24(38)39)34-14-26/h1-6,11-12,20,23,34H,7-10,13-14H2,(H,38,39)(H2,33,35,36)/t20-,23+/m0/s1. The molecule has 2 aromatic carbocycles. The van der Waals surface area contributed by atoms with Crippen LogP contribution in [-0.2, 0) is 4.79 Å². The van der Waals surface area contributed by atoms with Gasteiger partial charge in [0.15, 0.2) is 0 Å². The molecule has 2 fully saturated rings. The highest BCUT2D eigenvalue weighted by Crippen LogP contribution is 2.41. The van der Waals surface area contributed by atoms with Gasteiger partial charge < -0.3 is 25.8 Å². The van der Waals surface area contributed by atoms with E-state index in [1.54, 1.807) is 30.3 Å². The summed E-state index contributed by atoms with van der Waals surface area (Å²) in [7, 11) is 0. The summed E-state index contributed by atoms with van der Waals surface area (Å²) >= 11 is 12.0. The molecule has 3 aromatic rings. The van der Waals surface area contributed by atoms with Gasteiger partial charge in [-0.1, -0.05) is 53.5 Å². The number of hydrogen-bond donors (Lipinski definition) is 3. The summed E-state index contributed by atoms with van der Waals surface area (Å²) in [5, 5.41) is 13.1. The van der Waals surface area contributed by atoms with E-state index in [4.69, 9.17) is 33.7 Å². The topological polar surface area (TPSA) is 114 Å². The Kier molecular flexibility index (Phi) is 7.73. The highest BCUT2D eigenvalue weighted by Gasteiger charge is 2.45. The molecule has 0 amide bonds. The predicted molar refractivity (Wildman–Crippen MR) is 146 cm³/mol. The average Bonchev–Trinajstić information content (AvgIpc) is 3.32. The van der Waals surface area contributed by atoms with Gasteiger partial charge in [-0.3, -0.25) is 4.79 Å². The minimum atomic E-state index is -4.74. The van der Waals surface area contributed by atoms with E-state index < -0.39 is 24.3 Å². The molecule has 2 atom stereocenters. The Balaban J connectivity index is 1.32. The second-order valence-electron chi connectivity index (χ2n) is 10.2. The van der Waals surface area contributed by atoms with Crippen molar-refractivity contribution in [2.24, 2.45) is 5.41 Å². The molecule has 5 rings (SSSR count). The van der Waals surface area contributed by atoms with Gasteiger partial charge in [0.05, 0.1) is 10.0 Å². The van der Waals surface area contributed by atoms with Crippen LogP contribution < -0.4 is 20.7 Å². The molecular weight excluding hydrogens is 570 g/mol. The quantitative estimate of drug-likeness (QED) is 0.330. The lowest BCUT2D eigenvalue weighted by Gasteiger charge is -2.39. The normalized spacial score (nSPS) is 19.5. The summed E-state index contributed by atoms with van der Waals surface area (Å²) in [6, 6.07) is 11.5. The molecule has 1 aromatic heterocycles. The zero-order valence-electron chi connectivity index (χ0n) is 21.1. The predicted octanol–water partition coefficient (Wildman–Crippen LogP) is 5.75. The Hall–Kier alpha value is -3.28. The van der Waals surface area contributed by atoms with E-state index in [-0.39, 0.29) is 22.8 Å². The number of aromatic nitrogens is 2. The molecule has 2 aliphatic rings. The van der Waals surface area contributed by atoms with Crippen molar-refractivity contribution >= 4 is 40.9 Å². The third-order valence-corrected chi connectivity index (χ3v) is 8.25. The third-order valence-electron chi connectivity index (χ3n) is 7.52. The van der Waals surface area contributed by atoms with Crippen LogP contribution >= 0.6 is 23.2 Å². The van der Waals surface area contributed by atoms with Gasteiger partial charge in [0.1, 0.15) is 11.9 Å². The maximum atomic E-state index is 14.1. The van der Waals surface area contributed by atoms with Crippen molar-refractivity contribution in [2.45, 2.75) is 37.6 Å². The van der Waals surface area contributed by atoms with E-state index in [0.29, 0.717) is 65.9 Å². The number of alkyl halides is 3. The molecule has 0 radical (unpaired) electrons. The van der Waals surface area contributed by atoms with Crippen LogP contribution in [0.2, 0.25) is 10.0 Å². The maximum Gasteiger partial charge on any atom is 0.429 e. The lowest BCUT2D eigenvalue weighted by Crippen LogP contribution is -2.41. The Morgan fingerprint density at radius 3 is 2.35 bits per heavy atom. The number of hydrogen-bond acceptors (Lipinski definition) is 7. The largest absolute Gasteiger partial charge is 0.480 e. The van der Waals surface area contributed by atoms with E-state index in [1.165, 1.54) is 18.2 Å². The number of aliphatic carboxylic acids is 1. The molecule has 0 aliphatic carbocycles. The first-order chi connectivity index (χ1) is 18.9. The first-order valence-corrected chi connectivity index (χ1v) is 13.3. The zero-order chi connectivity index (χ0) is 28.7. The first kappa shape index (κ1) is 28.3. The molecule has 13 heteroatoms. The fourth-order valence-electron chi connectivity index (χ4n) is 5.31. The number of carboxylic acids is 1. The Bertz CT molecular complexity index is 1400. The number of halogens is 5. The molecule has 2 saturated heterocycles. The molecule has 0 bridgehead atoms. The zero-order valence-corrected chi connectivity index (χ0v) is 22.6. The van der Waals surface area contributed by atoms with Crippen LogP contribution in [0, 0.1) is 5.41 Å².